The number of ether oxygens (including phenoxy) is 1. The Labute approximate surface area is 154 Å². The van der Waals surface area contributed by atoms with E-state index >= 15 is 0 Å². The van der Waals surface area contributed by atoms with Crippen LogP contribution in [0, 0.1) is 5.82 Å². The van der Waals surface area contributed by atoms with Crippen molar-refractivity contribution in [2.45, 2.75) is 18.8 Å². The van der Waals surface area contributed by atoms with Crippen molar-refractivity contribution >= 4 is 28.8 Å². The number of nitrogens with zero attached hydrogens (tertiary/aromatic N) is 3. The second kappa shape index (κ2) is 7.05. The van der Waals surface area contributed by atoms with Crippen molar-refractivity contribution in [1.82, 2.24) is 9.88 Å². The second-order valence-electron chi connectivity index (χ2n) is 5.73. The maximum atomic E-state index is 14.6. The molecule has 0 saturated carbocycles. The minimum absolute atomic E-state index is 0.0571. The number of benzene rings is 1. The molecule has 1 aliphatic rings. The summed E-state index contributed by atoms with van der Waals surface area (Å²) in [6, 6.07) is 1.99. The highest BCUT2D eigenvalue weighted by Gasteiger charge is 2.37. The topological polar surface area (TPSA) is 98.3 Å². The van der Waals surface area contributed by atoms with Crippen molar-refractivity contribution in [3.63, 3.8) is 0 Å². The highest BCUT2D eigenvalue weighted by Crippen LogP contribution is 2.29. The number of hydrogen-bond donors (Lipinski definition) is 1. The van der Waals surface area contributed by atoms with Gasteiger partial charge >= 0.3 is 18.0 Å². The normalized spacial score (nSPS) is 17.9. The first-order chi connectivity index (χ1) is 13.1. The van der Waals surface area contributed by atoms with Gasteiger partial charge in [0.1, 0.15) is 19.2 Å². The number of nitrogens with one attached hydrogen (secondary N) is 1. The van der Waals surface area contributed by atoms with Crippen molar-refractivity contribution in [3.05, 3.63) is 23.6 Å². The lowest BCUT2D eigenvalue weighted by molar-refractivity contribution is -0.141. The van der Waals surface area contributed by atoms with E-state index in [1.807, 2.05) is 0 Å². The lowest BCUT2D eigenvalue weighted by Gasteiger charge is -2.13. The number of carbonyl (C=O) groups is 2. The molecule has 0 bridgehead atoms. The standard InChI is InChI=1S/C15H14F4N4O5/c1-20-12(24)10-5-22(14(25)28-10)7-3-8(16)11-9(4-7)27-13(21-26-2)23(11)6-15(17,18)19/h3-4,10H,5-6H2,1-2H3,(H,20,24)/b21-13+/t10-/m1/s1. The molecule has 1 N–H and O–H groups in total. The average molecular weight is 406 g/mol. The van der Waals surface area contributed by atoms with E-state index in [0.717, 1.165) is 24.1 Å². The van der Waals surface area contributed by atoms with Gasteiger partial charge < -0.3 is 19.3 Å². The van der Waals surface area contributed by atoms with Crippen LogP contribution >= 0.6 is 0 Å². The molecule has 1 aliphatic heterocycles. The highest BCUT2D eigenvalue weighted by atomic mass is 19.4. The van der Waals surface area contributed by atoms with Crippen LogP contribution in [0.1, 0.15) is 0 Å². The van der Waals surface area contributed by atoms with Crippen LogP contribution < -0.4 is 15.9 Å². The number of cyclic esters (lactones) is 1. The molecular weight excluding hydrogens is 392 g/mol. The minimum atomic E-state index is -4.68. The lowest BCUT2D eigenvalue weighted by Crippen LogP contribution is -2.35. The number of rotatable bonds is 4. The van der Waals surface area contributed by atoms with Gasteiger partial charge in [0.05, 0.1) is 12.2 Å². The van der Waals surface area contributed by atoms with Gasteiger partial charge in [-0.3, -0.25) is 14.3 Å². The lowest BCUT2D eigenvalue weighted by atomic mass is 10.2. The molecule has 0 radical (unpaired) electrons. The van der Waals surface area contributed by atoms with Crippen LogP contribution in [0.4, 0.5) is 28.0 Å². The van der Waals surface area contributed by atoms with Gasteiger partial charge in [-0.1, -0.05) is 0 Å². The molecule has 28 heavy (non-hydrogen) atoms. The SMILES string of the molecule is CNC(=O)[C@H]1CN(c2cc(F)c3c(c2)o/c(=N/OC)n3CC(F)(F)F)C(=O)O1. The molecule has 3 rings (SSSR count). The summed E-state index contributed by atoms with van der Waals surface area (Å²) >= 11 is 0. The minimum Gasteiger partial charge on any atom is -0.434 e. The van der Waals surface area contributed by atoms with Crippen molar-refractivity contribution in [3.8, 4) is 0 Å². The third kappa shape index (κ3) is 3.59. The number of carbonyl (C=O) groups excluding carboxylic acids is 2. The molecule has 9 nitrogen and oxygen atoms in total. The van der Waals surface area contributed by atoms with Gasteiger partial charge in [-0.25, -0.2) is 9.18 Å². The van der Waals surface area contributed by atoms with Crippen LogP contribution in [-0.2, 0) is 20.9 Å². The van der Waals surface area contributed by atoms with Gasteiger partial charge in [0, 0.05) is 19.2 Å². The smallest absolute Gasteiger partial charge is 0.415 e. The van der Waals surface area contributed by atoms with Gasteiger partial charge in [-0.2, -0.15) is 13.2 Å². The Morgan fingerprint density at radius 2 is 2.14 bits per heavy atom. The molecule has 1 saturated heterocycles. The average Bonchev–Trinajstić information content (AvgIpc) is 3.14. The van der Waals surface area contributed by atoms with Gasteiger partial charge in [-0.05, 0) is 5.16 Å². The summed E-state index contributed by atoms with van der Waals surface area (Å²) in [6.45, 7) is -1.77. The molecule has 13 heteroatoms. The first kappa shape index (κ1) is 19.5. The molecule has 152 valence electrons. The largest absolute Gasteiger partial charge is 0.434 e. The number of anilines is 1. The maximum Gasteiger partial charge on any atom is 0.415 e. The number of fused-ring (bicyclic) bond motifs is 1. The maximum absolute atomic E-state index is 14.6. The summed E-state index contributed by atoms with van der Waals surface area (Å²) in [5.74, 6) is -1.64. The summed E-state index contributed by atoms with van der Waals surface area (Å²) in [4.78, 5) is 29.0. The quantitative estimate of drug-likeness (QED) is 0.613. The molecule has 2 amide bonds. The van der Waals surface area contributed by atoms with E-state index in [-0.39, 0.29) is 17.8 Å². The summed E-state index contributed by atoms with van der Waals surface area (Å²) in [6.07, 6.45) is -6.70. The Bertz CT molecular complexity index is 997. The van der Waals surface area contributed by atoms with E-state index in [4.69, 9.17) is 9.15 Å². The van der Waals surface area contributed by atoms with E-state index in [2.05, 4.69) is 15.3 Å². The van der Waals surface area contributed by atoms with E-state index in [1.165, 1.54) is 7.05 Å². The summed E-state index contributed by atoms with van der Waals surface area (Å²) in [5, 5.41) is 5.64. The number of hydrogen-bond acceptors (Lipinski definition) is 6. The van der Waals surface area contributed by atoms with E-state index in [9.17, 15) is 27.2 Å². The van der Waals surface area contributed by atoms with Crippen LogP contribution in [0.25, 0.3) is 11.1 Å². The highest BCUT2D eigenvalue weighted by molar-refractivity contribution is 5.96. The molecule has 2 heterocycles. The van der Waals surface area contributed by atoms with Crippen molar-refractivity contribution < 1.29 is 41.1 Å². The van der Waals surface area contributed by atoms with Gasteiger partial charge in [0.25, 0.3) is 5.91 Å². The molecule has 2 aromatic rings. The Hall–Kier alpha value is -3.25. The summed E-state index contributed by atoms with van der Waals surface area (Å²) < 4.78 is 63.7. The third-order valence-electron chi connectivity index (χ3n) is 3.88. The zero-order valence-corrected chi connectivity index (χ0v) is 14.5. The summed E-state index contributed by atoms with van der Waals surface area (Å²) in [5.41, 5.74) is -1.48. The predicted molar refractivity (Wildman–Crippen MR) is 84.5 cm³/mol. The van der Waals surface area contributed by atoms with E-state index < -0.39 is 47.8 Å². The van der Waals surface area contributed by atoms with Crippen LogP contribution in [0.5, 0.6) is 0 Å². The van der Waals surface area contributed by atoms with Gasteiger partial charge in [0.2, 0.25) is 0 Å². The number of halogens is 4. The number of oxazole rings is 1. The van der Waals surface area contributed by atoms with Crippen molar-refractivity contribution in [2.75, 3.05) is 25.6 Å². The predicted octanol–water partition coefficient (Wildman–Crippen LogP) is 1.47. The fourth-order valence-corrected chi connectivity index (χ4v) is 2.75. The first-order valence-corrected chi connectivity index (χ1v) is 7.81. The van der Waals surface area contributed by atoms with Crippen molar-refractivity contribution in [1.29, 1.82) is 0 Å². The molecule has 1 fully saturated rings. The molecule has 0 unspecified atom stereocenters. The number of alkyl halides is 3. The zero-order chi connectivity index (χ0) is 20.6. The van der Waals surface area contributed by atoms with Gasteiger partial charge in [0.15, 0.2) is 17.5 Å². The van der Waals surface area contributed by atoms with E-state index in [1.54, 1.807) is 0 Å². The Morgan fingerprint density at radius 3 is 2.75 bits per heavy atom. The molecule has 1 aromatic carbocycles. The monoisotopic (exact) mass is 406 g/mol. The first-order valence-electron chi connectivity index (χ1n) is 7.81. The number of aromatic nitrogens is 1. The van der Waals surface area contributed by atoms with Crippen LogP contribution in [-0.4, -0.2) is 49.6 Å². The van der Waals surface area contributed by atoms with E-state index in [0.29, 0.717) is 4.57 Å². The Kier molecular flexibility index (Phi) is 4.91. The second-order valence-corrected chi connectivity index (χ2v) is 5.73. The fraction of sp³-hybridized carbons (Fsp3) is 0.400. The molecular formula is C15H14F4N4O5. The zero-order valence-electron chi connectivity index (χ0n) is 14.5. The molecule has 1 aromatic heterocycles. The van der Waals surface area contributed by atoms with Gasteiger partial charge in [-0.15, -0.1) is 0 Å². The third-order valence-corrected chi connectivity index (χ3v) is 3.88. The number of amides is 2. The molecule has 0 aliphatic carbocycles. The van der Waals surface area contributed by atoms with Crippen LogP contribution in [0.2, 0.25) is 0 Å². The molecule has 0 spiro atoms. The number of likely N-dealkylation sites (N-methyl/N-ethyl adjacent to an activating group) is 1. The fourth-order valence-electron chi connectivity index (χ4n) is 2.75. The van der Waals surface area contributed by atoms with Crippen LogP contribution in [0.3, 0.4) is 0 Å². The molecule has 1 atom stereocenters. The van der Waals surface area contributed by atoms with Crippen LogP contribution in [0.15, 0.2) is 21.7 Å². The Balaban J connectivity index is 2.08. The Morgan fingerprint density at radius 1 is 1.43 bits per heavy atom. The summed E-state index contributed by atoms with van der Waals surface area (Å²) in [7, 11) is 2.44. The van der Waals surface area contributed by atoms with Crippen molar-refractivity contribution in [2.24, 2.45) is 5.16 Å².